The number of anilines is 2. The summed E-state index contributed by atoms with van der Waals surface area (Å²) >= 11 is 6.74. The minimum atomic E-state index is -0.392. The van der Waals surface area contributed by atoms with Crippen molar-refractivity contribution in [1.82, 2.24) is 15.0 Å². The molecule has 122 valence electrons. The first kappa shape index (κ1) is 16.7. The average Bonchev–Trinajstić information content (AvgIpc) is 2.93. The number of benzene rings is 2. The second-order valence-corrected chi connectivity index (χ2v) is 6.90. The lowest BCUT2D eigenvalue weighted by molar-refractivity contribution is 0.102. The first-order valence-corrected chi connectivity index (χ1v) is 8.62. The number of hydrogen-bond donors (Lipinski definition) is 2. The second kappa shape index (κ2) is 7.14. The number of nitrogens with zero attached hydrogens (tertiary/aromatic N) is 3. The van der Waals surface area contributed by atoms with Crippen molar-refractivity contribution >= 4 is 49.3 Å². The maximum absolute atomic E-state index is 12.3. The third kappa shape index (κ3) is 3.82. The van der Waals surface area contributed by atoms with Gasteiger partial charge in [0.2, 0.25) is 0 Å². The Labute approximate surface area is 155 Å². The lowest BCUT2D eigenvalue weighted by Crippen LogP contribution is -2.15. The fourth-order valence-corrected chi connectivity index (χ4v) is 2.61. The van der Waals surface area contributed by atoms with Crippen LogP contribution in [0.1, 0.15) is 16.1 Å². The van der Waals surface area contributed by atoms with Gasteiger partial charge in [0.05, 0.1) is 6.54 Å². The Morgan fingerprint density at radius 1 is 1.04 bits per heavy atom. The predicted molar refractivity (Wildman–Crippen MR) is 99.8 cm³/mol. The molecule has 0 saturated carbocycles. The van der Waals surface area contributed by atoms with Crippen LogP contribution in [0.5, 0.6) is 0 Å². The van der Waals surface area contributed by atoms with Crippen molar-refractivity contribution in [3.63, 3.8) is 0 Å². The highest BCUT2D eigenvalue weighted by molar-refractivity contribution is 9.10. The van der Waals surface area contributed by atoms with E-state index in [0.29, 0.717) is 12.2 Å². The summed E-state index contributed by atoms with van der Waals surface area (Å²) in [4.78, 5) is 12.3. The first-order chi connectivity index (χ1) is 11.5. The van der Waals surface area contributed by atoms with Crippen molar-refractivity contribution in [2.45, 2.75) is 6.54 Å². The van der Waals surface area contributed by atoms with Crippen molar-refractivity contribution in [3.05, 3.63) is 68.7 Å². The van der Waals surface area contributed by atoms with Gasteiger partial charge >= 0.3 is 0 Å². The van der Waals surface area contributed by atoms with Gasteiger partial charge in [-0.2, -0.15) is 0 Å². The molecule has 24 heavy (non-hydrogen) atoms. The summed E-state index contributed by atoms with van der Waals surface area (Å²) in [7, 11) is 0. The maximum Gasteiger partial charge on any atom is 0.280 e. The molecule has 0 radical (unpaired) electrons. The monoisotopic (exact) mass is 449 g/mol. The Morgan fingerprint density at radius 3 is 2.25 bits per heavy atom. The fourth-order valence-electron chi connectivity index (χ4n) is 2.09. The van der Waals surface area contributed by atoms with Gasteiger partial charge in [-0.15, -0.1) is 5.10 Å². The van der Waals surface area contributed by atoms with Crippen LogP contribution >= 0.6 is 31.9 Å². The van der Waals surface area contributed by atoms with E-state index >= 15 is 0 Å². The minimum absolute atomic E-state index is 0.107. The van der Waals surface area contributed by atoms with Crippen molar-refractivity contribution in [2.75, 3.05) is 11.1 Å². The van der Waals surface area contributed by atoms with Gasteiger partial charge in [0.25, 0.3) is 5.91 Å². The summed E-state index contributed by atoms with van der Waals surface area (Å²) in [6.45, 7) is 0.442. The Balaban J connectivity index is 1.75. The molecule has 1 aromatic heterocycles. The number of hydrogen-bond acceptors (Lipinski definition) is 4. The molecule has 6 nitrogen and oxygen atoms in total. The molecule has 0 atom stereocenters. The quantitative estimate of drug-likeness (QED) is 0.634. The molecule has 3 rings (SSSR count). The molecular weight excluding hydrogens is 438 g/mol. The maximum atomic E-state index is 12.3. The summed E-state index contributed by atoms with van der Waals surface area (Å²) in [5, 5.41) is 10.6. The zero-order valence-corrected chi connectivity index (χ0v) is 15.6. The van der Waals surface area contributed by atoms with Crippen LogP contribution < -0.4 is 11.1 Å². The molecule has 1 amide bonds. The van der Waals surface area contributed by atoms with Crippen LogP contribution in [0, 0.1) is 0 Å². The molecule has 0 saturated heterocycles. The largest absolute Gasteiger partial charge is 0.382 e. The lowest BCUT2D eigenvalue weighted by atomic mass is 10.2. The van der Waals surface area contributed by atoms with Crippen molar-refractivity contribution in [3.8, 4) is 0 Å². The van der Waals surface area contributed by atoms with E-state index in [1.165, 1.54) is 4.68 Å². The van der Waals surface area contributed by atoms with Crippen LogP contribution in [0.15, 0.2) is 57.5 Å². The van der Waals surface area contributed by atoms with E-state index in [4.69, 9.17) is 5.73 Å². The number of nitrogen functional groups attached to an aromatic ring is 1. The minimum Gasteiger partial charge on any atom is -0.382 e. The van der Waals surface area contributed by atoms with E-state index in [-0.39, 0.29) is 11.5 Å². The number of carbonyl (C=O) groups excluding carboxylic acids is 1. The Bertz CT molecular complexity index is 859. The van der Waals surface area contributed by atoms with E-state index in [1.807, 2.05) is 36.4 Å². The molecule has 0 aliphatic heterocycles. The molecule has 0 aliphatic carbocycles. The van der Waals surface area contributed by atoms with Crippen LogP contribution in [-0.4, -0.2) is 20.9 Å². The van der Waals surface area contributed by atoms with Crippen molar-refractivity contribution < 1.29 is 4.79 Å². The SMILES string of the molecule is Nc1c(C(=O)Nc2ccc(Br)cc2)nnn1Cc1ccc(Br)cc1. The number of halogens is 2. The summed E-state index contributed by atoms with van der Waals surface area (Å²) in [5.41, 5.74) is 7.79. The highest BCUT2D eigenvalue weighted by Crippen LogP contribution is 2.17. The van der Waals surface area contributed by atoms with Crippen molar-refractivity contribution in [2.24, 2.45) is 0 Å². The molecule has 2 aromatic carbocycles. The van der Waals surface area contributed by atoms with Gasteiger partial charge in [-0.05, 0) is 42.0 Å². The van der Waals surface area contributed by atoms with Crippen LogP contribution in [0.2, 0.25) is 0 Å². The molecule has 3 aromatic rings. The summed E-state index contributed by atoms with van der Waals surface area (Å²) in [6.07, 6.45) is 0. The number of nitrogens with one attached hydrogen (secondary N) is 1. The Morgan fingerprint density at radius 2 is 1.62 bits per heavy atom. The molecule has 3 N–H and O–H groups in total. The smallest absolute Gasteiger partial charge is 0.280 e. The predicted octanol–water partition coefficient (Wildman–Crippen LogP) is 3.69. The first-order valence-electron chi connectivity index (χ1n) is 7.03. The lowest BCUT2D eigenvalue weighted by Gasteiger charge is -2.05. The third-order valence-corrected chi connectivity index (χ3v) is 4.39. The number of aromatic nitrogens is 3. The van der Waals surface area contributed by atoms with E-state index in [9.17, 15) is 4.79 Å². The summed E-state index contributed by atoms with van der Waals surface area (Å²) < 4.78 is 3.42. The standard InChI is InChI=1S/C16H13Br2N5O/c17-11-3-1-10(2-4-11)9-23-15(19)14(21-22-23)16(24)20-13-7-5-12(18)6-8-13/h1-8H,9,19H2,(H,20,24). The van der Waals surface area contributed by atoms with Gasteiger partial charge in [0.15, 0.2) is 11.5 Å². The van der Waals surface area contributed by atoms with E-state index in [2.05, 4.69) is 47.5 Å². The number of rotatable bonds is 4. The molecule has 0 unspecified atom stereocenters. The zero-order valence-electron chi connectivity index (χ0n) is 12.4. The molecule has 0 bridgehead atoms. The molecule has 8 heteroatoms. The second-order valence-electron chi connectivity index (χ2n) is 5.07. The number of amides is 1. The van der Waals surface area contributed by atoms with E-state index < -0.39 is 5.91 Å². The summed E-state index contributed by atoms with van der Waals surface area (Å²) in [6, 6.07) is 15.0. The molecular formula is C16H13Br2N5O. The topological polar surface area (TPSA) is 85.8 Å². The Hall–Kier alpha value is -2.19. The molecule has 0 aliphatic rings. The van der Waals surface area contributed by atoms with Crippen molar-refractivity contribution in [1.29, 1.82) is 0 Å². The highest BCUT2D eigenvalue weighted by Gasteiger charge is 2.17. The molecule has 1 heterocycles. The van der Waals surface area contributed by atoms with E-state index in [0.717, 1.165) is 14.5 Å². The van der Waals surface area contributed by atoms with Crippen LogP contribution in [0.4, 0.5) is 11.5 Å². The molecule has 0 spiro atoms. The third-order valence-electron chi connectivity index (χ3n) is 3.34. The highest BCUT2D eigenvalue weighted by atomic mass is 79.9. The van der Waals surface area contributed by atoms with Gasteiger partial charge < -0.3 is 11.1 Å². The molecule has 0 fully saturated rings. The fraction of sp³-hybridized carbons (Fsp3) is 0.0625. The average molecular weight is 451 g/mol. The number of carbonyl (C=O) groups is 1. The normalized spacial score (nSPS) is 10.6. The van der Waals surface area contributed by atoms with Crippen LogP contribution in [-0.2, 0) is 6.54 Å². The van der Waals surface area contributed by atoms with Gasteiger partial charge in [0, 0.05) is 14.6 Å². The Kier molecular flexibility index (Phi) is 4.96. The van der Waals surface area contributed by atoms with E-state index in [1.54, 1.807) is 12.1 Å². The number of nitrogens with two attached hydrogens (primary N) is 1. The van der Waals surface area contributed by atoms with Gasteiger partial charge in [-0.3, -0.25) is 4.79 Å². The zero-order chi connectivity index (χ0) is 17.1. The van der Waals surface area contributed by atoms with Crippen LogP contribution in [0.3, 0.4) is 0 Å². The van der Waals surface area contributed by atoms with Gasteiger partial charge in [-0.1, -0.05) is 49.2 Å². The van der Waals surface area contributed by atoms with Crippen LogP contribution in [0.25, 0.3) is 0 Å². The summed E-state index contributed by atoms with van der Waals surface area (Å²) in [5.74, 6) is -0.163. The van der Waals surface area contributed by atoms with Gasteiger partial charge in [0.1, 0.15) is 0 Å². The van der Waals surface area contributed by atoms with Gasteiger partial charge in [-0.25, -0.2) is 4.68 Å².